The van der Waals surface area contributed by atoms with E-state index in [2.05, 4.69) is 37.8 Å². The van der Waals surface area contributed by atoms with Gasteiger partial charge in [-0.25, -0.2) is 9.67 Å². The minimum absolute atomic E-state index is 0.179. The van der Waals surface area contributed by atoms with Gasteiger partial charge < -0.3 is 9.64 Å². The van der Waals surface area contributed by atoms with Gasteiger partial charge in [0.05, 0.1) is 29.2 Å². The van der Waals surface area contributed by atoms with Gasteiger partial charge in [-0.15, -0.1) is 5.10 Å². The molecular formula is C23H21ClN10O. The predicted octanol–water partition coefficient (Wildman–Crippen LogP) is 3.47. The third-order valence-electron chi connectivity index (χ3n) is 6.19. The summed E-state index contributed by atoms with van der Waals surface area (Å²) in [4.78, 5) is 6.16. The first-order valence-electron chi connectivity index (χ1n) is 11.1. The van der Waals surface area contributed by atoms with Crippen molar-refractivity contribution in [3.63, 3.8) is 0 Å². The van der Waals surface area contributed by atoms with Gasteiger partial charge in [-0.05, 0) is 38.8 Å². The maximum absolute atomic E-state index is 9.60. The Morgan fingerprint density at radius 2 is 1.94 bits per heavy atom. The number of ether oxygens (including phenoxy) is 1. The van der Waals surface area contributed by atoms with Gasteiger partial charge in [-0.1, -0.05) is 16.8 Å². The predicted molar refractivity (Wildman–Crippen MR) is 125 cm³/mol. The van der Waals surface area contributed by atoms with E-state index in [1.54, 1.807) is 15.4 Å². The first kappa shape index (κ1) is 22.6. The van der Waals surface area contributed by atoms with Crippen molar-refractivity contribution >= 4 is 17.2 Å². The average Bonchev–Trinajstić information content (AvgIpc) is 3.47. The zero-order chi connectivity index (χ0) is 24.5. The normalized spacial score (nSPS) is 15.1. The molecule has 5 heterocycles. The van der Waals surface area contributed by atoms with E-state index in [0.717, 1.165) is 24.1 Å². The number of piperidine rings is 1. The topological polar surface area (TPSA) is 134 Å². The monoisotopic (exact) mass is 488 g/mol. The SMILES string of the molecule is Cc1c(-c2cc(OC(C)c3cc(Cl)cnn3)n3c(C#N)cnc3c2)nnn1C1CCN(C#N)CC1. The van der Waals surface area contributed by atoms with Crippen molar-refractivity contribution in [2.75, 3.05) is 13.1 Å². The summed E-state index contributed by atoms with van der Waals surface area (Å²) in [6.07, 6.45) is 6.33. The maximum atomic E-state index is 9.60. The molecule has 0 N–H and O–H groups in total. The molecule has 1 aliphatic rings. The van der Waals surface area contributed by atoms with Crippen molar-refractivity contribution < 1.29 is 4.74 Å². The summed E-state index contributed by atoms with van der Waals surface area (Å²) in [7, 11) is 0. The lowest BCUT2D eigenvalue weighted by atomic mass is 10.0. The van der Waals surface area contributed by atoms with Gasteiger partial charge in [0.1, 0.15) is 34.9 Å². The van der Waals surface area contributed by atoms with E-state index in [0.29, 0.717) is 46.7 Å². The molecule has 4 aromatic heterocycles. The van der Waals surface area contributed by atoms with E-state index >= 15 is 0 Å². The van der Waals surface area contributed by atoms with E-state index in [4.69, 9.17) is 21.6 Å². The van der Waals surface area contributed by atoms with Gasteiger partial charge in [-0.2, -0.15) is 20.7 Å². The Kier molecular flexibility index (Phi) is 5.93. The van der Waals surface area contributed by atoms with Crippen LogP contribution in [-0.4, -0.2) is 52.6 Å². The molecule has 1 saturated heterocycles. The minimum Gasteiger partial charge on any atom is -0.469 e. The van der Waals surface area contributed by atoms with Crippen LogP contribution in [0.3, 0.4) is 0 Å². The lowest BCUT2D eigenvalue weighted by Crippen LogP contribution is -2.31. The van der Waals surface area contributed by atoms with Crippen LogP contribution in [-0.2, 0) is 0 Å². The number of imidazole rings is 1. The molecule has 1 fully saturated rings. The molecule has 5 rings (SSSR count). The molecule has 1 atom stereocenters. The van der Waals surface area contributed by atoms with Crippen LogP contribution >= 0.6 is 11.6 Å². The highest BCUT2D eigenvalue weighted by Crippen LogP contribution is 2.32. The number of fused-ring (bicyclic) bond motifs is 1. The summed E-state index contributed by atoms with van der Waals surface area (Å²) in [5, 5.41) is 36.1. The zero-order valence-electron chi connectivity index (χ0n) is 19.1. The minimum atomic E-state index is -0.490. The Hall–Kier alpha value is -4.22. The van der Waals surface area contributed by atoms with Gasteiger partial charge in [0.25, 0.3) is 0 Å². The van der Waals surface area contributed by atoms with Gasteiger partial charge >= 0.3 is 0 Å². The standard InChI is InChI=1S/C23H21ClN10O/c1-14-23(30-31-34(14)18-3-5-32(13-26)6-4-18)16-7-21-27-12-19(10-25)33(21)22(8-16)35-15(2)20-9-17(24)11-28-29-20/h7-9,11-12,15,18H,3-6H2,1-2H3. The van der Waals surface area contributed by atoms with Crippen LogP contribution in [0.1, 0.15) is 49.0 Å². The molecule has 1 unspecified atom stereocenters. The molecule has 35 heavy (non-hydrogen) atoms. The highest BCUT2D eigenvalue weighted by atomic mass is 35.5. The number of hydrogen-bond acceptors (Lipinski definition) is 9. The summed E-state index contributed by atoms with van der Waals surface area (Å²) in [6.45, 7) is 5.22. The van der Waals surface area contributed by atoms with Crippen LogP contribution in [0.4, 0.5) is 0 Å². The van der Waals surface area contributed by atoms with E-state index < -0.39 is 6.10 Å². The number of hydrogen-bond donors (Lipinski definition) is 0. The van der Waals surface area contributed by atoms with Gasteiger partial charge in [0.2, 0.25) is 5.88 Å². The number of pyridine rings is 1. The van der Waals surface area contributed by atoms with Crippen LogP contribution in [0, 0.1) is 29.7 Å². The summed E-state index contributed by atoms with van der Waals surface area (Å²) >= 11 is 6.07. The van der Waals surface area contributed by atoms with Crippen molar-refractivity contribution in [1.29, 1.82) is 10.5 Å². The summed E-state index contributed by atoms with van der Waals surface area (Å²) in [5.41, 5.74) is 3.84. The number of likely N-dealkylation sites (tertiary alicyclic amines) is 1. The molecule has 0 aromatic carbocycles. The van der Waals surface area contributed by atoms with Crippen LogP contribution < -0.4 is 4.74 Å². The Labute approximate surface area is 206 Å². The Morgan fingerprint density at radius 3 is 2.66 bits per heavy atom. The van der Waals surface area contributed by atoms with Gasteiger partial charge in [0.15, 0.2) is 6.19 Å². The fourth-order valence-electron chi connectivity index (χ4n) is 4.34. The third-order valence-corrected chi connectivity index (χ3v) is 6.40. The smallest absolute Gasteiger partial charge is 0.201 e. The lowest BCUT2D eigenvalue weighted by molar-refractivity contribution is 0.208. The van der Waals surface area contributed by atoms with Gasteiger partial charge in [0, 0.05) is 24.7 Å². The van der Waals surface area contributed by atoms with E-state index in [1.807, 2.05) is 30.7 Å². The molecule has 1 aliphatic heterocycles. The third kappa shape index (κ3) is 4.22. The number of rotatable bonds is 5. The van der Waals surface area contributed by atoms with Crippen molar-refractivity contribution in [1.82, 2.24) is 39.5 Å². The summed E-state index contributed by atoms with van der Waals surface area (Å²) in [5.74, 6) is 0.414. The average molecular weight is 489 g/mol. The number of nitriles is 2. The van der Waals surface area contributed by atoms with Crippen molar-refractivity contribution in [3.8, 4) is 29.4 Å². The fraction of sp³-hybridized carbons (Fsp3) is 0.348. The second-order valence-corrected chi connectivity index (χ2v) is 8.81. The van der Waals surface area contributed by atoms with Gasteiger partial charge in [-0.3, -0.25) is 4.40 Å². The first-order chi connectivity index (χ1) is 17.0. The molecule has 0 saturated carbocycles. The Bertz CT molecular complexity index is 1470. The number of aromatic nitrogens is 7. The molecule has 0 bridgehead atoms. The van der Waals surface area contributed by atoms with Crippen LogP contribution in [0.5, 0.6) is 5.88 Å². The second kappa shape index (κ2) is 9.20. The van der Waals surface area contributed by atoms with Crippen LogP contribution in [0.2, 0.25) is 5.02 Å². The Balaban J connectivity index is 1.52. The largest absolute Gasteiger partial charge is 0.469 e. The molecule has 0 radical (unpaired) electrons. The molecule has 11 nitrogen and oxygen atoms in total. The van der Waals surface area contributed by atoms with Crippen LogP contribution in [0.15, 0.2) is 30.6 Å². The molecule has 0 amide bonds. The molecule has 12 heteroatoms. The maximum Gasteiger partial charge on any atom is 0.201 e. The lowest BCUT2D eigenvalue weighted by Gasteiger charge is -2.28. The number of nitrogens with zero attached hydrogens (tertiary/aromatic N) is 10. The first-order valence-corrected chi connectivity index (χ1v) is 11.5. The molecule has 0 spiro atoms. The highest BCUT2D eigenvalue weighted by molar-refractivity contribution is 6.30. The van der Waals surface area contributed by atoms with Crippen molar-refractivity contribution in [2.24, 2.45) is 0 Å². The van der Waals surface area contributed by atoms with E-state index in [-0.39, 0.29) is 6.04 Å². The van der Waals surface area contributed by atoms with E-state index in [1.165, 1.54) is 12.4 Å². The summed E-state index contributed by atoms with van der Waals surface area (Å²) in [6, 6.07) is 7.70. The second-order valence-electron chi connectivity index (χ2n) is 8.38. The Morgan fingerprint density at radius 1 is 1.14 bits per heavy atom. The zero-order valence-corrected chi connectivity index (χ0v) is 19.9. The van der Waals surface area contributed by atoms with Crippen molar-refractivity contribution in [3.05, 3.63) is 52.7 Å². The quantitative estimate of drug-likeness (QED) is 0.387. The summed E-state index contributed by atoms with van der Waals surface area (Å²) < 4.78 is 9.82. The van der Waals surface area contributed by atoms with Crippen LogP contribution in [0.25, 0.3) is 16.9 Å². The van der Waals surface area contributed by atoms with Crippen molar-refractivity contribution in [2.45, 2.75) is 38.8 Å². The van der Waals surface area contributed by atoms with E-state index in [9.17, 15) is 5.26 Å². The molecule has 0 aliphatic carbocycles. The molecular weight excluding hydrogens is 468 g/mol. The number of halogens is 1. The molecule has 176 valence electrons. The molecule has 4 aromatic rings. The fourth-order valence-corrected chi connectivity index (χ4v) is 4.50. The highest BCUT2D eigenvalue weighted by Gasteiger charge is 2.25.